The summed E-state index contributed by atoms with van der Waals surface area (Å²) in [7, 11) is 1.99. The van der Waals surface area contributed by atoms with Gasteiger partial charge in [-0.3, -0.25) is 4.57 Å². The highest BCUT2D eigenvalue weighted by Gasteiger charge is 2.06. The molecule has 0 radical (unpaired) electrons. The van der Waals surface area contributed by atoms with Crippen molar-refractivity contribution in [3.05, 3.63) is 67.4 Å². The first-order valence-electron chi connectivity index (χ1n) is 7.77. The van der Waals surface area contributed by atoms with Gasteiger partial charge in [0, 0.05) is 35.5 Å². The van der Waals surface area contributed by atoms with E-state index in [1.54, 1.807) is 17.2 Å². The minimum atomic E-state index is -0.295. The van der Waals surface area contributed by atoms with E-state index in [2.05, 4.69) is 20.8 Å². The van der Waals surface area contributed by atoms with Gasteiger partial charge in [-0.2, -0.15) is 0 Å². The third-order valence-corrected chi connectivity index (χ3v) is 3.96. The number of aryl methyl sites for hydroxylation is 1. The van der Waals surface area contributed by atoms with E-state index in [1.807, 2.05) is 66.3 Å². The Hall–Kier alpha value is -3.61. The smallest absolute Gasteiger partial charge is 0.323 e. The van der Waals surface area contributed by atoms with Crippen molar-refractivity contribution < 1.29 is 4.79 Å². The summed E-state index contributed by atoms with van der Waals surface area (Å²) in [6.45, 7) is 0. The van der Waals surface area contributed by atoms with Crippen molar-refractivity contribution in [3.63, 3.8) is 0 Å². The Labute approximate surface area is 143 Å². The zero-order valence-corrected chi connectivity index (χ0v) is 13.5. The Morgan fingerprint density at radius 2 is 1.72 bits per heavy atom. The SMILES string of the molecule is Cn1ccc2cc(NC(=O)Nc3cccc(-n4cnnc4)c3)ccc21. The van der Waals surface area contributed by atoms with Crippen LogP contribution in [0.15, 0.2) is 67.4 Å². The van der Waals surface area contributed by atoms with E-state index in [4.69, 9.17) is 0 Å². The quantitative estimate of drug-likeness (QED) is 0.603. The third kappa shape index (κ3) is 3.07. The monoisotopic (exact) mass is 332 g/mol. The normalized spacial score (nSPS) is 10.8. The molecule has 2 N–H and O–H groups in total. The van der Waals surface area contributed by atoms with Crippen LogP contribution >= 0.6 is 0 Å². The van der Waals surface area contributed by atoms with Crippen LogP contribution < -0.4 is 10.6 Å². The van der Waals surface area contributed by atoms with E-state index in [9.17, 15) is 4.79 Å². The molecule has 0 bridgehead atoms. The number of benzene rings is 2. The number of amides is 2. The number of urea groups is 1. The average Bonchev–Trinajstić information content (AvgIpc) is 3.25. The van der Waals surface area contributed by atoms with Gasteiger partial charge in [-0.15, -0.1) is 10.2 Å². The molecule has 0 unspecified atom stereocenters. The van der Waals surface area contributed by atoms with Gasteiger partial charge < -0.3 is 15.2 Å². The number of carbonyl (C=O) groups is 1. The standard InChI is InChI=1S/C18H16N6O/c1-23-8-7-13-9-15(5-6-17(13)23)22-18(25)21-14-3-2-4-16(10-14)24-11-19-20-12-24/h2-12H,1H3,(H2,21,22,25). The average molecular weight is 332 g/mol. The van der Waals surface area contributed by atoms with Gasteiger partial charge in [-0.25, -0.2) is 4.79 Å². The van der Waals surface area contributed by atoms with Gasteiger partial charge in [-0.1, -0.05) is 6.07 Å². The summed E-state index contributed by atoms with van der Waals surface area (Å²) in [5.74, 6) is 0. The van der Waals surface area contributed by atoms with Crippen LogP contribution in [-0.4, -0.2) is 25.4 Å². The number of nitrogens with one attached hydrogen (secondary N) is 2. The molecule has 0 aliphatic heterocycles. The summed E-state index contributed by atoms with van der Waals surface area (Å²) < 4.78 is 3.81. The molecule has 2 aromatic heterocycles. The Balaban J connectivity index is 1.49. The molecule has 0 saturated heterocycles. The summed E-state index contributed by atoms with van der Waals surface area (Å²) >= 11 is 0. The van der Waals surface area contributed by atoms with Gasteiger partial charge in [0.15, 0.2) is 0 Å². The molecule has 124 valence electrons. The number of hydrogen-bond acceptors (Lipinski definition) is 3. The second kappa shape index (κ2) is 6.12. The molecule has 0 saturated carbocycles. The molecule has 0 atom stereocenters. The number of anilines is 2. The Kier molecular flexibility index (Phi) is 3.66. The maximum atomic E-state index is 12.3. The number of rotatable bonds is 3. The van der Waals surface area contributed by atoms with Gasteiger partial charge in [0.25, 0.3) is 0 Å². The molecule has 7 heteroatoms. The van der Waals surface area contributed by atoms with Crippen LogP contribution in [0.1, 0.15) is 0 Å². The third-order valence-electron chi connectivity index (χ3n) is 3.96. The van der Waals surface area contributed by atoms with E-state index in [1.165, 1.54) is 0 Å². The lowest BCUT2D eigenvalue weighted by Crippen LogP contribution is -2.19. The van der Waals surface area contributed by atoms with Crippen LogP contribution in [0.4, 0.5) is 16.2 Å². The summed E-state index contributed by atoms with van der Waals surface area (Å²) in [5, 5.41) is 14.3. The van der Waals surface area contributed by atoms with Gasteiger partial charge >= 0.3 is 6.03 Å². The first-order valence-corrected chi connectivity index (χ1v) is 7.77. The molecule has 2 aromatic carbocycles. The van der Waals surface area contributed by atoms with Crippen molar-refractivity contribution in [3.8, 4) is 5.69 Å². The van der Waals surface area contributed by atoms with E-state index >= 15 is 0 Å². The summed E-state index contributed by atoms with van der Waals surface area (Å²) in [5.41, 5.74) is 3.41. The number of carbonyl (C=O) groups excluding carboxylic acids is 1. The van der Waals surface area contributed by atoms with E-state index < -0.39 is 0 Å². The predicted octanol–water partition coefficient (Wildman–Crippen LogP) is 3.40. The zero-order valence-electron chi connectivity index (χ0n) is 13.5. The molecule has 25 heavy (non-hydrogen) atoms. The van der Waals surface area contributed by atoms with Crippen LogP contribution in [0.3, 0.4) is 0 Å². The number of fused-ring (bicyclic) bond motifs is 1. The highest BCUT2D eigenvalue weighted by Crippen LogP contribution is 2.20. The van der Waals surface area contributed by atoms with Crippen molar-refractivity contribution in [2.75, 3.05) is 10.6 Å². The van der Waals surface area contributed by atoms with Crippen LogP contribution in [0.25, 0.3) is 16.6 Å². The van der Waals surface area contributed by atoms with Crippen LogP contribution in [0.5, 0.6) is 0 Å². The maximum absolute atomic E-state index is 12.3. The fourth-order valence-electron chi connectivity index (χ4n) is 2.73. The van der Waals surface area contributed by atoms with Crippen molar-refractivity contribution >= 4 is 28.3 Å². The molecule has 7 nitrogen and oxygen atoms in total. The second-order valence-electron chi connectivity index (χ2n) is 5.70. The fourth-order valence-corrected chi connectivity index (χ4v) is 2.73. The summed E-state index contributed by atoms with van der Waals surface area (Å²) in [6, 6.07) is 15.0. The largest absolute Gasteiger partial charge is 0.351 e. The molecule has 0 fully saturated rings. The first kappa shape index (κ1) is 14.9. The Morgan fingerprint density at radius 1 is 0.960 bits per heavy atom. The minimum absolute atomic E-state index is 0.295. The van der Waals surface area contributed by atoms with Crippen molar-refractivity contribution in [2.24, 2.45) is 7.05 Å². The van der Waals surface area contributed by atoms with Crippen LogP contribution in [0.2, 0.25) is 0 Å². The molecular weight excluding hydrogens is 316 g/mol. The molecular formula is C18H16N6O. The van der Waals surface area contributed by atoms with Gasteiger partial charge in [0.1, 0.15) is 12.7 Å². The second-order valence-corrected chi connectivity index (χ2v) is 5.70. The number of aromatic nitrogens is 4. The lowest BCUT2D eigenvalue weighted by atomic mass is 10.2. The lowest BCUT2D eigenvalue weighted by Gasteiger charge is -2.09. The minimum Gasteiger partial charge on any atom is -0.351 e. The van der Waals surface area contributed by atoms with Crippen LogP contribution in [-0.2, 0) is 7.05 Å². The van der Waals surface area contributed by atoms with Gasteiger partial charge in [-0.05, 0) is 42.5 Å². The summed E-state index contributed by atoms with van der Waals surface area (Å²) in [6.07, 6.45) is 5.20. The predicted molar refractivity (Wildman–Crippen MR) is 96.9 cm³/mol. The molecule has 4 rings (SSSR count). The van der Waals surface area contributed by atoms with Gasteiger partial charge in [0.2, 0.25) is 0 Å². The summed E-state index contributed by atoms with van der Waals surface area (Å²) in [4.78, 5) is 12.3. The topological polar surface area (TPSA) is 76.8 Å². The highest BCUT2D eigenvalue weighted by atomic mass is 16.2. The Morgan fingerprint density at radius 3 is 2.52 bits per heavy atom. The fraction of sp³-hybridized carbons (Fsp3) is 0.0556. The van der Waals surface area contributed by atoms with Gasteiger partial charge in [0.05, 0.1) is 5.69 Å². The molecule has 2 heterocycles. The van der Waals surface area contributed by atoms with E-state index in [0.717, 1.165) is 22.3 Å². The highest BCUT2D eigenvalue weighted by molar-refractivity contribution is 6.01. The molecule has 0 spiro atoms. The van der Waals surface area contributed by atoms with E-state index in [-0.39, 0.29) is 6.03 Å². The number of nitrogens with zero attached hydrogens (tertiary/aromatic N) is 4. The maximum Gasteiger partial charge on any atom is 0.323 e. The molecule has 0 aliphatic rings. The Bertz CT molecular complexity index is 1030. The molecule has 2 amide bonds. The zero-order chi connectivity index (χ0) is 17.2. The molecule has 0 aliphatic carbocycles. The van der Waals surface area contributed by atoms with Crippen molar-refractivity contribution in [1.29, 1.82) is 0 Å². The lowest BCUT2D eigenvalue weighted by molar-refractivity contribution is 0.262. The van der Waals surface area contributed by atoms with Crippen LogP contribution in [0, 0.1) is 0 Å². The van der Waals surface area contributed by atoms with Crippen molar-refractivity contribution in [2.45, 2.75) is 0 Å². The first-order chi connectivity index (χ1) is 12.2. The van der Waals surface area contributed by atoms with Crippen molar-refractivity contribution in [1.82, 2.24) is 19.3 Å². The van der Waals surface area contributed by atoms with E-state index in [0.29, 0.717) is 5.69 Å². The molecule has 4 aromatic rings. The number of hydrogen-bond donors (Lipinski definition) is 2.